The Labute approximate surface area is 109 Å². The number of rotatable bonds is 0. The van der Waals surface area contributed by atoms with Gasteiger partial charge in [-0.25, -0.2) is 0 Å². The Morgan fingerprint density at radius 3 is 2.56 bits per heavy atom. The van der Waals surface area contributed by atoms with Crippen molar-refractivity contribution in [1.29, 1.82) is 0 Å². The van der Waals surface area contributed by atoms with Crippen molar-refractivity contribution in [3.8, 4) is 0 Å². The Hall–Kier alpha value is -1.30. The Bertz CT molecular complexity index is 561. The van der Waals surface area contributed by atoms with E-state index in [0.717, 1.165) is 0 Å². The number of hydrogen-bond acceptors (Lipinski definition) is 0. The molecule has 3 aliphatic rings. The van der Waals surface area contributed by atoms with E-state index in [0.29, 0.717) is 5.41 Å². The summed E-state index contributed by atoms with van der Waals surface area (Å²) in [6.07, 6.45) is 9.18. The average molecular weight is 236 g/mol. The quantitative estimate of drug-likeness (QED) is 0.562. The number of allylic oxidation sites excluding steroid dienone is 3. The Balaban J connectivity index is 1.89. The fourth-order valence-corrected chi connectivity index (χ4v) is 4.58. The summed E-state index contributed by atoms with van der Waals surface area (Å²) < 4.78 is 0. The zero-order valence-electron chi connectivity index (χ0n) is 11.0. The van der Waals surface area contributed by atoms with Crippen molar-refractivity contribution < 1.29 is 0 Å². The molecule has 1 saturated carbocycles. The molecule has 0 heteroatoms. The van der Waals surface area contributed by atoms with Crippen molar-refractivity contribution >= 4 is 5.57 Å². The normalized spacial score (nSPS) is 29.9. The van der Waals surface area contributed by atoms with E-state index in [2.05, 4.69) is 30.8 Å². The molecule has 92 valence electrons. The van der Waals surface area contributed by atoms with Gasteiger partial charge in [0.25, 0.3) is 0 Å². The summed E-state index contributed by atoms with van der Waals surface area (Å²) >= 11 is 0. The molecule has 18 heavy (non-hydrogen) atoms. The van der Waals surface area contributed by atoms with E-state index >= 15 is 0 Å². The highest BCUT2D eigenvalue weighted by atomic mass is 14.5. The minimum Gasteiger partial charge on any atom is -0.0990 e. The molecule has 0 nitrogen and oxygen atoms in total. The third-order valence-corrected chi connectivity index (χ3v) is 5.44. The minimum atomic E-state index is 0.395. The molecule has 1 atom stereocenters. The number of fused-ring (bicyclic) bond motifs is 3. The summed E-state index contributed by atoms with van der Waals surface area (Å²) in [5.41, 5.74) is 8.46. The Kier molecular flexibility index (Phi) is 2.12. The number of hydrogen-bond donors (Lipinski definition) is 0. The second-order valence-corrected chi connectivity index (χ2v) is 6.18. The lowest BCUT2D eigenvalue weighted by atomic mass is 9.67. The lowest BCUT2D eigenvalue weighted by Crippen LogP contribution is -2.25. The third kappa shape index (κ3) is 1.21. The molecular formula is C18H20. The predicted octanol–water partition coefficient (Wildman–Crippen LogP) is 4.91. The van der Waals surface area contributed by atoms with E-state index in [-0.39, 0.29) is 0 Å². The molecule has 0 saturated heterocycles. The van der Waals surface area contributed by atoms with Gasteiger partial charge in [0, 0.05) is 5.41 Å². The summed E-state index contributed by atoms with van der Waals surface area (Å²) in [4.78, 5) is 0. The molecule has 0 aromatic heterocycles. The van der Waals surface area contributed by atoms with Gasteiger partial charge in [0.15, 0.2) is 0 Å². The second kappa shape index (κ2) is 3.60. The fourth-order valence-electron chi connectivity index (χ4n) is 4.58. The summed E-state index contributed by atoms with van der Waals surface area (Å²) in [6, 6.07) is 9.03. The molecule has 0 aliphatic heterocycles. The summed E-state index contributed by atoms with van der Waals surface area (Å²) in [5.74, 6) is 0. The summed E-state index contributed by atoms with van der Waals surface area (Å²) in [7, 11) is 0. The highest BCUT2D eigenvalue weighted by Gasteiger charge is 2.45. The summed E-state index contributed by atoms with van der Waals surface area (Å²) in [5, 5.41) is 0. The monoisotopic (exact) mass is 236 g/mol. The second-order valence-electron chi connectivity index (χ2n) is 6.18. The molecular weight excluding hydrogens is 216 g/mol. The van der Waals surface area contributed by atoms with Crippen molar-refractivity contribution in [2.75, 3.05) is 0 Å². The van der Waals surface area contributed by atoms with Crippen LogP contribution in [0.3, 0.4) is 0 Å². The molecule has 0 amide bonds. The van der Waals surface area contributed by atoms with E-state index in [1.807, 2.05) is 0 Å². The van der Waals surface area contributed by atoms with Gasteiger partial charge in [-0.2, -0.15) is 0 Å². The number of benzene rings is 1. The molecule has 0 N–H and O–H groups in total. The standard InChI is InChI=1S/C18H20/c1-13-6-4-10-18(13)11-5-9-16-15-8-3-2-7-14(15)12-17(16)18/h2-3,7-8H,1,4-6,9-12H2/t18-/m1/s1. The van der Waals surface area contributed by atoms with E-state index in [9.17, 15) is 0 Å². The van der Waals surface area contributed by atoms with E-state index in [1.165, 1.54) is 50.5 Å². The largest absolute Gasteiger partial charge is 0.0990 e. The van der Waals surface area contributed by atoms with Crippen LogP contribution in [0.15, 0.2) is 42.0 Å². The maximum atomic E-state index is 4.42. The van der Waals surface area contributed by atoms with Crippen LogP contribution in [0, 0.1) is 5.41 Å². The van der Waals surface area contributed by atoms with E-state index in [4.69, 9.17) is 0 Å². The smallest absolute Gasteiger partial charge is 0.0127 e. The van der Waals surface area contributed by atoms with Crippen LogP contribution >= 0.6 is 0 Å². The molecule has 1 fully saturated rings. The van der Waals surface area contributed by atoms with Gasteiger partial charge >= 0.3 is 0 Å². The molecule has 3 aliphatic carbocycles. The first-order valence-corrected chi connectivity index (χ1v) is 7.30. The molecule has 0 unspecified atom stereocenters. The van der Waals surface area contributed by atoms with Gasteiger partial charge in [-0.05, 0) is 61.6 Å². The van der Waals surface area contributed by atoms with Crippen LogP contribution in [0.25, 0.3) is 5.57 Å². The van der Waals surface area contributed by atoms with Crippen LogP contribution in [0.4, 0.5) is 0 Å². The van der Waals surface area contributed by atoms with Crippen molar-refractivity contribution in [2.45, 2.75) is 44.9 Å². The Morgan fingerprint density at radius 1 is 1.00 bits per heavy atom. The Morgan fingerprint density at radius 2 is 1.78 bits per heavy atom. The zero-order valence-corrected chi connectivity index (χ0v) is 11.0. The maximum Gasteiger partial charge on any atom is 0.0127 e. The average Bonchev–Trinajstić information content (AvgIpc) is 2.94. The van der Waals surface area contributed by atoms with Crippen LogP contribution < -0.4 is 0 Å². The first-order valence-electron chi connectivity index (χ1n) is 7.30. The topological polar surface area (TPSA) is 0 Å². The van der Waals surface area contributed by atoms with Gasteiger partial charge in [-0.3, -0.25) is 0 Å². The molecule has 0 bridgehead atoms. The van der Waals surface area contributed by atoms with E-state index in [1.54, 1.807) is 22.3 Å². The third-order valence-electron chi connectivity index (χ3n) is 5.44. The van der Waals surface area contributed by atoms with Crippen LogP contribution in [-0.4, -0.2) is 0 Å². The van der Waals surface area contributed by atoms with Gasteiger partial charge in [-0.15, -0.1) is 0 Å². The van der Waals surface area contributed by atoms with Gasteiger partial charge in [-0.1, -0.05) is 42.0 Å². The molecule has 0 heterocycles. The molecule has 4 rings (SSSR count). The SMILES string of the molecule is C=C1CCC[C@@]12CCCC1=C2Cc2ccccc21. The lowest BCUT2D eigenvalue weighted by Gasteiger charge is -2.37. The van der Waals surface area contributed by atoms with Crippen molar-refractivity contribution in [3.05, 3.63) is 53.1 Å². The highest BCUT2D eigenvalue weighted by Crippen LogP contribution is 2.59. The van der Waals surface area contributed by atoms with Crippen molar-refractivity contribution in [1.82, 2.24) is 0 Å². The minimum absolute atomic E-state index is 0.395. The van der Waals surface area contributed by atoms with Gasteiger partial charge in [0.05, 0.1) is 0 Å². The molecule has 0 radical (unpaired) electrons. The van der Waals surface area contributed by atoms with Crippen LogP contribution in [0.5, 0.6) is 0 Å². The van der Waals surface area contributed by atoms with Crippen LogP contribution in [-0.2, 0) is 6.42 Å². The molecule has 1 aromatic rings. The lowest BCUT2D eigenvalue weighted by molar-refractivity contribution is 0.376. The fraction of sp³-hybridized carbons (Fsp3) is 0.444. The molecule has 1 spiro atoms. The van der Waals surface area contributed by atoms with Crippen LogP contribution in [0.1, 0.15) is 49.7 Å². The summed E-state index contributed by atoms with van der Waals surface area (Å²) in [6.45, 7) is 4.42. The highest BCUT2D eigenvalue weighted by molar-refractivity contribution is 5.79. The van der Waals surface area contributed by atoms with Gasteiger partial charge in [0.2, 0.25) is 0 Å². The van der Waals surface area contributed by atoms with Crippen LogP contribution in [0.2, 0.25) is 0 Å². The van der Waals surface area contributed by atoms with E-state index < -0.39 is 0 Å². The molecule has 1 aromatic carbocycles. The van der Waals surface area contributed by atoms with Crippen molar-refractivity contribution in [2.24, 2.45) is 5.41 Å². The predicted molar refractivity (Wildman–Crippen MR) is 76.3 cm³/mol. The van der Waals surface area contributed by atoms with Gasteiger partial charge < -0.3 is 0 Å². The first kappa shape index (κ1) is 10.6. The van der Waals surface area contributed by atoms with Crippen molar-refractivity contribution in [3.63, 3.8) is 0 Å². The first-order chi connectivity index (χ1) is 8.81. The van der Waals surface area contributed by atoms with Gasteiger partial charge in [0.1, 0.15) is 0 Å². The zero-order chi connectivity index (χ0) is 12.2. The maximum absolute atomic E-state index is 4.42.